The number of aromatic amines is 2. The van der Waals surface area contributed by atoms with Crippen molar-refractivity contribution in [2.45, 2.75) is 63.7 Å². The van der Waals surface area contributed by atoms with E-state index in [1.54, 1.807) is 22.2 Å². The molecular formula is C36H42N8O6. The van der Waals surface area contributed by atoms with Gasteiger partial charge in [0, 0.05) is 12.1 Å². The van der Waals surface area contributed by atoms with Crippen LogP contribution in [0.15, 0.2) is 60.9 Å². The molecule has 0 aliphatic carbocycles. The number of imidazole rings is 2. The van der Waals surface area contributed by atoms with Crippen LogP contribution in [-0.4, -0.2) is 93.1 Å². The number of nitrogens with zero attached hydrogens (tertiary/aromatic N) is 4. The van der Waals surface area contributed by atoms with E-state index in [2.05, 4.69) is 64.3 Å². The summed E-state index contributed by atoms with van der Waals surface area (Å²) in [6, 6.07) is 16.1. The molecule has 4 aromatic rings. The van der Waals surface area contributed by atoms with Crippen molar-refractivity contribution < 1.29 is 28.7 Å². The topological polar surface area (TPSA) is 175 Å². The second-order valence-corrected chi connectivity index (χ2v) is 12.7. The molecule has 0 saturated carbocycles. The molecule has 2 aliphatic rings. The van der Waals surface area contributed by atoms with Crippen molar-refractivity contribution in [1.29, 1.82) is 0 Å². The maximum atomic E-state index is 12.9. The van der Waals surface area contributed by atoms with Gasteiger partial charge in [0.25, 0.3) is 0 Å². The minimum Gasteiger partial charge on any atom is -0.453 e. The Kier molecular flexibility index (Phi) is 10.2. The Morgan fingerprint density at radius 3 is 1.36 bits per heavy atom. The minimum atomic E-state index is -0.640. The molecule has 2 aromatic carbocycles. The molecule has 14 nitrogen and oxygen atoms in total. The molecule has 4 N–H and O–H groups in total. The Balaban J connectivity index is 1.10. The van der Waals surface area contributed by atoms with Gasteiger partial charge in [-0.15, -0.1) is 0 Å². The number of methoxy groups -OCH3 is 2. The van der Waals surface area contributed by atoms with Crippen molar-refractivity contribution >= 4 is 24.0 Å². The molecule has 14 heteroatoms. The van der Waals surface area contributed by atoms with Crippen LogP contribution in [0.5, 0.6) is 0 Å². The zero-order valence-corrected chi connectivity index (χ0v) is 28.6. The first-order valence-electron chi connectivity index (χ1n) is 16.7. The zero-order valence-electron chi connectivity index (χ0n) is 28.6. The van der Waals surface area contributed by atoms with Crippen LogP contribution in [0.25, 0.3) is 33.6 Å². The highest BCUT2D eigenvalue weighted by molar-refractivity contribution is 5.84. The third-order valence-corrected chi connectivity index (χ3v) is 9.60. The van der Waals surface area contributed by atoms with Gasteiger partial charge in [0.15, 0.2) is 0 Å². The molecule has 2 saturated heterocycles. The third kappa shape index (κ3) is 7.19. The molecule has 6 rings (SSSR count). The van der Waals surface area contributed by atoms with E-state index >= 15 is 0 Å². The summed E-state index contributed by atoms with van der Waals surface area (Å²) in [5, 5.41) is 4.95. The number of benzene rings is 2. The Bertz CT molecular complexity index is 1700. The largest absolute Gasteiger partial charge is 0.453 e. The third-order valence-electron chi connectivity index (χ3n) is 9.60. The van der Waals surface area contributed by atoms with Crippen LogP contribution in [0, 0.1) is 0 Å². The van der Waals surface area contributed by atoms with E-state index in [0.717, 1.165) is 71.0 Å². The molecule has 0 bridgehead atoms. The van der Waals surface area contributed by atoms with E-state index < -0.39 is 12.2 Å². The van der Waals surface area contributed by atoms with Gasteiger partial charge >= 0.3 is 12.2 Å². The first-order chi connectivity index (χ1) is 24.2. The van der Waals surface area contributed by atoms with Gasteiger partial charge in [-0.2, -0.15) is 0 Å². The fourth-order valence-electron chi connectivity index (χ4n) is 6.96. The van der Waals surface area contributed by atoms with Gasteiger partial charge in [0.2, 0.25) is 11.8 Å². The highest BCUT2D eigenvalue weighted by atomic mass is 16.5. The predicted molar refractivity (Wildman–Crippen MR) is 184 cm³/mol. The molecule has 4 heterocycles. The van der Waals surface area contributed by atoms with Gasteiger partial charge in [-0.25, -0.2) is 19.6 Å². The van der Waals surface area contributed by atoms with E-state index in [-0.39, 0.29) is 49.1 Å². The summed E-state index contributed by atoms with van der Waals surface area (Å²) in [6.45, 7) is 3.74. The van der Waals surface area contributed by atoms with Crippen molar-refractivity contribution in [1.82, 2.24) is 40.4 Å². The molecule has 2 aromatic heterocycles. The number of carbonyl (C=O) groups excluding carboxylic acids is 4. The molecule has 4 atom stereocenters. The van der Waals surface area contributed by atoms with Crippen LogP contribution in [0.4, 0.5) is 9.59 Å². The fraction of sp³-hybridized carbons (Fsp3) is 0.389. The number of H-pyrrole nitrogens is 2. The normalized spacial score (nSPS) is 20.1. The highest BCUT2D eigenvalue weighted by Gasteiger charge is 2.38. The number of amides is 4. The molecule has 262 valence electrons. The number of carbonyl (C=O) groups is 4. The maximum Gasteiger partial charge on any atom is 0.407 e. The molecule has 4 amide bonds. The number of hydrogen-bond acceptors (Lipinski definition) is 8. The Labute approximate surface area is 290 Å². The summed E-state index contributed by atoms with van der Waals surface area (Å²) in [6.07, 6.45) is 5.54. The second kappa shape index (κ2) is 14.8. The van der Waals surface area contributed by atoms with Crippen molar-refractivity contribution in [3.8, 4) is 33.6 Å². The quantitative estimate of drug-likeness (QED) is 0.192. The van der Waals surface area contributed by atoms with E-state index in [1.807, 2.05) is 38.1 Å². The van der Waals surface area contributed by atoms with E-state index in [9.17, 15) is 19.2 Å². The lowest BCUT2D eigenvalue weighted by atomic mass is 10.0. The number of rotatable bonds is 9. The van der Waals surface area contributed by atoms with Crippen LogP contribution in [0.2, 0.25) is 0 Å². The van der Waals surface area contributed by atoms with Crippen molar-refractivity contribution in [2.24, 2.45) is 0 Å². The van der Waals surface area contributed by atoms with Crippen molar-refractivity contribution in [3.63, 3.8) is 0 Å². The molecule has 0 radical (unpaired) electrons. The number of likely N-dealkylation sites (tertiary alicyclic amines) is 2. The van der Waals surface area contributed by atoms with Gasteiger partial charge in [-0.05, 0) is 61.8 Å². The SMILES string of the molecule is COC(=O)NCC(=O)N1[C@@H](C)CC[C@H]1c1ncc(-c2ccc(-c3ccc(-c4cnc([C@@H]5CC[C@H](C)N5C(=O)CNC(=O)OC)[nH]4)cc3)cc2)[nH]1. The van der Waals surface area contributed by atoms with Gasteiger partial charge in [0.1, 0.15) is 24.7 Å². The van der Waals surface area contributed by atoms with E-state index in [4.69, 9.17) is 0 Å². The Hall–Kier alpha value is -5.66. The number of nitrogens with one attached hydrogen (secondary N) is 4. The first-order valence-corrected chi connectivity index (χ1v) is 16.7. The predicted octanol–water partition coefficient (Wildman–Crippen LogP) is 4.95. The number of aromatic nitrogens is 4. The van der Waals surface area contributed by atoms with E-state index in [1.165, 1.54) is 14.2 Å². The molecule has 0 spiro atoms. The molecule has 2 aliphatic heterocycles. The monoisotopic (exact) mass is 682 g/mol. The van der Waals surface area contributed by atoms with Crippen LogP contribution in [0.1, 0.15) is 63.3 Å². The van der Waals surface area contributed by atoms with Gasteiger partial charge in [0.05, 0.1) is 50.1 Å². The highest BCUT2D eigenvalue weighted by Crippen LogP contribution is 2.37. The Morgan fingerprint density at radius 2 is 1.00 bits per heavy atom. The standard InChI is InChI=1S/C36H42N8O6/c1-21-5-15-29(43(21)31(45)19-39-35(47)49-3)33-37-17-27(41-33)25-11-7-23(8-12-25)24-9-13-26(14-10-24)28-18-38-34(42-28)30-16-6-22(2)44(30)32(46)20-40-36(48)50-4/h7-14,17-18,21-22,29-30H,5-6,15-16,19-20H2,1-4H3,(H,37,41)(H,38,42)(H,39,47)(H,40,48)/t21-,22-,29-,30-/m0/s1. The van der Waals surface area contributed by atoms with Gasteiger partial charge < -0.3 is 39.9 Å². The average Bonchev–Trinajstić information content (AvgIpc) is 3.96. The van der Waals surface area contributed by atoms with E-state index in [0.29, 0.717) is 0 Å². The molecular weight excluding hydrogens is 640 g/mol. The number of hydrogen-bond donors (Lipinski definition) is 4. The summed E-state index contributed by atoms with van der Waals surface area (Å²) in [4.78, 5) is 68.5. The second-order valence-electron chi connectivity index (χ2n) is 12.7. The Morgan fingerprint density at radius 1 is 0.640 bits per heavy atom. The average molecular weight is 683 g/mol. The summed E-state index contributed by atoms with van der Waals surface area (Å²) in [7, 11) is 2.53. The van der Waals surface area contributed by atoms with Crippen LogP contribution in [-0.2, 0) is 19.1 Å². The lowest BCUT2D eigenvalue weighted by molar-refractivity contribution is -0.133. The lowest BCUT2D eigenvalue weighted by Crippen LogP contribution is -2.43. The number of alkyl carbamates (subject to hydrolysis) is 2. The summed E-state index contributed by atoms with van der Waals surface area (Å²) >= 11 is 0. The fourth-order valence-corrected chi connectivity index (χ4v) is 6.96. The lowest BCUT2D eigenvalue weighted by Gasteiger charge is -2.27. The zero-order chi connectivity index (χ0) is 35.4. The first kappa shape index (κ1) is 34.2. The summed E-state index contributed by atoms with van der Waals surface area (Å²) in [5.41, 5.74) is 5.76. The van der Waals surface area contributed by atoms with Crippen LogP contribution >= 0.6 is 0 Å². The minimum absolute atomic E-state index is 0.0294. The molecule has 0 unspecified atom stereocenters. The summed E-state index contributed by atoms with van der Waals surface area (Å²) < 4.78 is 9.18. The maximum absolute atomic E-state index is 12.9. The van der Waals surface area contributed by atoms with Crippen molar-refractivity contribution in [3.05, 3.63) is 72.6 Å². The van der Waals surface area contributed by atoms with Crippen molar-refractivity contribution in [2.75, 3.05) is 27.3 Å². The van der Waals surface area contributed by atoms with Crippen LogP contribution in [0.3, 0.4) is 0 Å². The molecule has 50 heavy (non-hydrogen) atoms. The summed E-state index contributed by atoms with van der Waals surface area (Å²) in [5.74, 6) is 1.07. The van der Waals surface area contributed by atoms with Crippen LogP contribution < -0.4 is 10.6 Å². The van der Waals surface area contributed by atoms with Gasteiger partial charge in [-0.1, -0.05) is 48.5 Å². The molecule has 2 fully saturated rings. The smallest absolute Gasteiger partial charge is 0.407 e. The van der Waals surface area contributed by atoms with Gasteiger partial charge in [-0.3, -0.25) is 9.59 Å². The number of ether oxygens (including phenoxy) is 2.